The van der Waals surface area contributed by atoms with Crippen LogP contribution in [0.15, 0.2) is 11.6 Å². The maximum Gasteiger partial charge on any atom is 0.182 e. The molecule has 2 rings (SSSR count). The van der Waals surface area contributed by atoms with E-state index < -0.39 is 0 Å². The Kier molecular flexibility index (Phi) is 2.64. The van der Waals surface area contributed by atoms with Crippen molar-refractivity contribution >= 4 is 28.7 Å². The van der Waals surface area contributed by atoms with Crippen molar-refractivity contribution in [2.45, 2.75) is 13.3 Å². The number of hydrogen-bond donors (Lipinski definition) is 0. The Labute approximate surface area is 88.8 Å². The second kappa shape index (κ2) is 3.93. The Morgan fingerprint density at radius 2 is 2.43 bits per heavy atom. The lowest BCUT2D eigenvalue weighted by Gasteiger charge is -1.91. The van der Waals surface area contributed by atoms with Crippen LogP contribution in [-0.2, 0) is 6.42 Å². The molecular formula is C8H7N3OS2. The van der Waals surface area contributed by atoms with E-state index in [1.165, 1.54) is 17.5 Å². The molecule has 6 heteroatoms. The fourth-order valence-corrected chi connectivity index (χ4v) is 2.22. The highest BCUT2D eigenvalue weighted by Crippen LogP contribution is 2.13. The molecule has 0 aliphatic rings. The molecular weight excluding hydrogens is 218 g/mol. The molecule has 14 heavy (non-hydrogen) atoms. The second-order valence-corrected chi connectivity index (χ2v) is 4.49. The van der Waals surface area contributed by atoms with Crippen molar-refractivity contribution in [3.05, 3.63) is 27.2 Å². The van der Waals surface area contributed by atoms with Crippen LogP contribution < -0.4 is 0 Å². The van der Waals surface area contributed by atoms with Crippen LogP contribution in [0.2, 0.25) is 0 Å². The molecule has 2 aromatic heterocycles. The molecule has 0 radical (unpaired) electrons. The van der Waals surface area contributed by atoms with E-state index in [1.54, 1.807) is 0 Å². The summed E-state index contributed by atoms with van der Waals surface area (Å²) < 4.78 is 3.64. The van der Waals surface area contributed by atoms with Crippen LogP contribution >= 0.6 is 22.9 Å². The monoisotopic (exact) mass is 225 g/mol. The van der Waals surface area contributed by atoms with E-state index in [9.17, 15) is 4.79 Å². The molecule has 0 atom stereocenters. The maximum atomic E-state index is 11.6. The number of thiazole rings is 1. The van der Waals surface area contributed by atoms with Crippen molar-refractivity contribution in [3.8, 4) is 0 Å². The summed E-state index contributed by atoms with van der Waals surface area (Å²) in [5, 5.41) is 6.41. The van der Waals surface area contributed by atoms with Crippen LogP contribution in [0.3, 0.4) is 0 Å². The largest absolute Gasteiger partial charge is 0.293 e. The van der Waals surface area contributed by atoms with Crippen molar-refractivity contribution in [3.63, 3.8) is 0 Å². The molecule has 0 saturated carbocycles. The zero-order chi connectivity index (χ0) is 9.97. The summed E-state index contributed by atoms with van der Waals surface area (Å²) in [6.45, 7) is 1.92. The summed E-state index contributed by atoms with van der Waals surface area (Å²) >= 11 is 2.63. The zero-order valence-corrected chi connectivity index (χ0v) is 9.06. The molecule has 72 valence electrons. The van der Waals surface area contributed by atoms with Crippen LogP contribution in [0.4, 0.5) is 0 Å². The lowest BCUT2D eigenvalue weighted by atomic mass is 10.3. The van der Waals surface area contributed by atoms with E-state index in [0.29, 0.717) is 11.3 Å². The van der Waals surface area contributed by atoms with E-state index in [-0.39, 0.29) is 5.78 Å². The standard InChI is InChI=1S/C8H7N3OS2/c1-5-4-13-8(10-5)2-6(12)7-3-9-11-14-7/h3-4H,2H2,1H3. The average Bonchev–Trinajstić information content (AvgIpc) is 2.75. The van der Waals surface area contributed by atoms with Crippen molar-refractivity contribution in [1.29, 1.82) is 0 Å². The van der Waals surface area contributed by atoms with Gasteiger partial charge in [-0.05, 0) is 18.5 Å². The van der Waals surface area contributed by atoms with Crippen molar-refractivity contribution in [2.75, 3.05) is 0 Å². The molecule has 0 fully saturated rings. The Morgan fingerprint density at radius 3 is 3.00 bits per heavy atom. The first-order valence-corrected chi connectivity index (χ1v) is 5.62. The molecule has 0 aromatic carbocycles. The van der Waals surface area contributed by atoms with Crippen LogP contribution in [-0.4, -0.2) is 20.4 Å². The molecule has 0 N–H and O–H groups in total. The average molecular weight is 225 g/mol. The highest BCUT2D eigenvalue weighted by molar-refractivity contribution is 7.10. The fraction of sp³-hybridized carbons (Fsp3) is 0.250. The first-order valence-electron chi connectivity index (χ1n) is 3.97. The summed E-state index contributed by atoms with van der Waals surface area (Å²) in [5.41, 5.74) is 0.959. The highest BCUT2D eigenvalue weighted by atomic mass is 32.1. The van der Waals surface area contributed by atoms with Crippen LogP contribution in [0, 0.1) is 6.92 Å². The number of hydrogen-bond acceptors (Lipinski definition) is 6. The lowest BCUT2D eigenvalue weighted by molar-refractivity contribution is 0.0996. The number of Topliss-reactive ketones (excluding diaryl/α,β-unsaturated/α-hetero) is 1. The molecule has 0 aliphatic heterocycles. The first kappa shape index (κ1) is 9.42. The topological polar surface area (TPSA) is 55.7 Å². The van der Waals surface area contributed by atoms with Gasteiger partial charge in [0.1, 0.15) is 9.88 Å². The molecule has 0 spiro atoms. The first-order chi connectivity index (χ1) is 6.75. The van der Waals surface area contributed by atoms with Gasteiger partial charge in [-0.25, -0.2) is 4.98 Å². The van der Waals surface area contributed by atoms with Gasteiger partial charge in [0, 0.05) is 11.1 Å². The minimum atomic E-state index is 0.0364. The Morgan fingerprint density at radius 1 is 1.57 bits per heavy atom. The third kappa shape index (κ3) is 2.02. The molecule has 2 heterocycles. The minimum absolute atomic E-state index is 0.0364. The number of carbonyl (C=O) groups is 1. The fourth-order valence-electron chi connectivity index (χ4n) is 0.998. The summed E-state index contributed by atoms with van der Waals surface area (Å²) in [5.74, 6) is 0.0364. The smallest absolute Gasteiger partial charge is 0.182 e. The van der Waals surface area contributed by atoms with Gasteiger partial charge in [-0.3, -0.25) is 4.79 Å². The van der Waals surface area contributed by atoms with Crippen molar-refractivity contribution < 1.29 is 4.79 Å². The summed E-state index contributed by atoms with van der Waals surface area (Å²) in [6.07, 6.45) is 1.84. The Balaban J connectivity index is 2.09. The van der Waals surface area contributed by atoms with Crippen LogP contribution in [0.5, 0.6) is 0 Å². The van der Waals surface area contributed by atoms with E-state index in [1.807, 2.05) is 12.3 Å². The molecule has 2 aromatic rings. The van der Waals surface area contributed by atoms with Gasteiger partial charge in [-0.15, -0.1) is 16.4 Å². The molecule has 0 amide bonds. The lowest BCUT2D eigenvalue weighted by Crippen LogP contribution is -2.00. The van der Waals surface area contributed by atoms with Gasteiger partial charge in [0.2, 0.25) is 0 Å². The molecule has 0 aliphatic carbocycles. The van der Waals surface area contributed by atoms with Gasteiger partial charge in [0.15, 0.2) is 5.78 Å². The molecule has 4 nitrogen and oxygen atoms in total. The summed E-state index contributed by atoms with van der Waals surface area (Å²) in [4.78, 5) is 16.4. The summed E-state index contributed by atoms with van der Waals surface area (Å²) in [6, 6.07) is 0. The van der Waals surface area contributed by atoms with Gasteiger partial charge in [-0.2, -0.15) is 0 Å². The molecule has 0 saturated heterocycles. The molecule has 0 bridgehead atoms. The predicted octanol–water partition coefficient (Wildman–Crippen LogP) is 1.73. The van der Waals surface area contributed by atoms with Gasteiger partial charge in [-0.1, -0.05) is 4.49 Å². The zero-order valence-electron chi connectivity index (χ0n) is 7.43. The minimum Gasteiger partial charge on any atom is -0.293 e. The van der Waals surface area contributed by atoms with E-state index in [4.69, 9.17) is 0 Å². The number of aromatic nitrogens is 3. The van der Waals surface area contributed by atoms with Gasteiger partial charge >= 0.3 is 0 Å². The maximum absolute atomic E-state index is 11.6. The van der Waals surface area contributed by atoms with Gasteiger partial charge < -0.3 is 0 Å². The SMILES string of the molecule is Cc1csc(CC(=O)c2cnns2)n1. The third-order valence-corrected chi connectivity index (χ3v) is 3.29. The molecule has 0 unspecified atom stereocenters. The van der Waals surface area contributed by atoms with Crippen molar-refractivity contribution in [1.82, 2.24) is 14.6 Å². The van der Waals surface area contributed by atoms with Crippen LogP contribution in [0.25, 0.3) is 0 Å². The van der Waals surface area contributed by atoms with Gasteiger partial charge in [0.25, 0.3) is 0 Å². The number of carbonyl (C=O) groups excluding carboxylic acids is 1. The Hall–Kier alpha value is -1.14. The van der Waals surface area contributed by atoms with Crippen molar-refractivity contribution in [2.24, 2.45) is 0 Å². The van der Waals surface area contributed by atoms with E-state index in [2.05, 4.69) is 14.6 Å². The highest BCUT2D eigenvalue weighted by Gasteiger charge is 2.11. The van der Waals surface area contributed by atoms with E-state index in [0.717, 1.165) is 22.2 Å². The number of rotatable bonds is 3. The number of nitrogens with zero attached hydrogens (tertiary/aromatic N) is 3. The van der Waals surface area contributed by atoms with Crippen LogP contribution in [0.1, 0.15) is 20.4 Å². The van der Waals surface area contributed by atoms with E-state index >= 15 is 0 Å². The number of ketones is 1. The second-order valence-electron chi connectivity index (χ2n) is 2.76. The normalized spacial score (nSPS) is 10.4. The Bertz CT molecular complexity index is 435. The number of aryl methyl sites for hydroxylation is 1. The van der Waals surface area contributed by atoms with Gasteiger partial charge in [0.05, 0.1) is 12.6 Å². The third-order valence-electron chi connectivity index (χ3n) is 1.61. The predicted molar refractivity (Wildman–Crippen MR) is 54.8 cm³/mol. The quantitative estimate of drug-likeness (QED) is 0.746. The summed E-state index contributed by atoms with van der Waals surface area (Å²) in [7, 11) is 0.